The van der Waals surface area contributed by atoms with E-state index in [4.69, 9.17) is 16.6 Å². The Labute approximate surface area is 148 Å². The zero-order valence-corrected chi connectivity index (χ0v) is 15.0. The van der Waals surface area contributed by atoms with E-state index in [0.717, 1.165) is 28.1 Å². The lowest BCUT2D eigenvalue weighted by atomic mass is 10.5. The van der Waals surface area contributed by atoms with E-state index in [-0.39, 0.29) is 13.1 Å². The van der Waals surface area contributed by atoms with Crippen LogP contribution >= 0.6 is 47.0 Å². The third kappa shape index (κ3) is 4.76. The zero-order chi connectivity index (χ0) is 16.7. The summed E-state index contributed by atoms with van der Waals surface area (Å²) in [6.07, 6.45) is 0. The van der Waals surface area contributed by atoms with Crippen LogP contribution in [0.25, 0.3) is 31.3 Å². The molecule has 0 aromatic rings. The van der Waals surface area contributed by atoms with Gasteiger partial charge in [0.2, 0.25) is 0 Å². The number of allylic oxidation sites excluding steroid dienone is 1. The van der Waals surface area contributed by atoms with Crippen molar-refractivity contribution in [2.24, 2.45) is 15.3 Å². The summed E-state index contributed by atoms with van der Waals surface area (Å²) in [4.78, 5) is 12.3. The van der Waals surface area contributed by atoms with Crippen molar-refractivity contribution in [3.63, 3.8) is 0 Å². The molecule has 2 rings (SSSR count). The topological polar surface area (TPSA) is 146 Å². The van der Waals surface area contributed by atoms with Crippen molar-refractivity contribution in [2.45, 2.75) is 6.92 Å². The predicted molar refractivity (Wildman–Crippen MR) is 99.2 cm³/mol. The van der Waals surface area contributed by atoms with Crippen molar-refractivity contribution >= 4 is 47.0 Å². The highest BCUT2D eigenvalue weighted by molar-refractivity contribution is 8.34. The molecule has 0 bridgehead atoms. The molecule has 2 aliphatic heterocycles. The molecule has 9 nitrogen and oxygen atoms in total. The molecule has 2 aliphatic rings. The second-order valence-electron chi connectivity index (χ2n) is 3.98. The van der Waals surface area contributed by atoms with Crippen LogP contribution in [-0.2, 0) is 0 Å². The van der Waals surface area contributed by atoms with Gasteiger partial charge in [0.15, 0.2) is 0 Å². The highest BCUT2D eigenvalue weighted by Gasteiger charge is 2.27. The zero-order valence-electron chi connectivity index (χ0n) is 11.8. The van der Waals surface area contributed by atoms with Gasteiger partial charge in [0, 0.05) is 29.5 Å². The van der Waals surface area contributed by atoms with Crippen LogP contribution in [0.4, 0.5) is 0 Å². The van der Waals surface area contributed by atoms with Gasteiger partial charge in [-0.25, -0.2) is 0 Å². The van der Waals surface area contributed by atoms with Crippen LogP contribution in [0, 0.1) is 0 Å². The Bertz CT molecular complexity index is 714. The van der Waals surface area contributed by atoms with E-state index in [1.807, 2.05) is 6.92 Å². The summed E-state index contributed by atoms with van der Waals surface area (Å²) < 4.78 is 2.18. The molecule has 23 heavy (non-hydrogen) atoms. The average molecular weight is 384 g/mol. The van der Waals surface area contributed by atoms with Crippen molar-refractivity contribution < 1.29 is 0 Å². The molecule has 0 saturated carbocycles. The van der Waals surface area contributed by atoms with Crippen molar-refractivity contribution in [1.82, 2.24) is 0 Å². The van der Waals surface area contributed by atoms with E-state index in [1.54, 1.807) is 23.5 Å². The lowest BCUT2D eigenvalue weighted by Crippen LogP contribution is -1.86. The number of hydrogen-bond acceptors (Lipinski definition) is 7. The summed E-state index contributed by atoms with van der Waals surface area (Å²) in [5.74, 6) is 0. The van der Waals surface area contributed by atoms with E-state index in [2.05, 4.69) is 30.1 Å². The molecule has 0 aromatic heterocycles. The molecule has 118 valence electrons. The lowest BCUT2D eigenvalue weighted by molar-refractivity contribution is 1.14. The average Bonchev–Trinajstić information content (AvgIpc) is 3.12. The van der Waals surface area contributed by atoms with Crippen LogP contribution in [0.1, 0.15) is 6.92 Å². The minimum absolute atomic E-state index is 0.245. The van der Waals surface area contributed by atoms with Gasteiger partial charge in [0.1, 0.15) is 0 Å². The van der Waals surface area contributed by atoms with Crippen LogP contribution in [0.5, 0.6) is 0 Å². The Kier molecular flexibility index (Phi) is 7.00. The first-order valence-electron chi connectivity index (χ1n) is 6.09. The normalized spacial score (nSPS) is 17.1. The maximum absolute atomic E-state index is 8.49. The molecule has 13 heteroatoms. The molecule has 0 aromatic carbocycles. The minimum atomic E-state index is 0.245. The van der Waals surface area contributed by atoms with Gasteiger partial charge in [-0.2, -0.15) is 0 Å². The number of azide groups is 3. The monoisotopic (exact) mass is 383 g/mol. The van der Waals surface area contributed by atoms with E-state index in [1.165, 1.54) is 23.5 Å². The molecular weight excluding hydrogens is 374 g/mol. The molecule has 2 heterocycles. The van der Waals surface area contributed by atoms with E-state index in [0.29, 0.717) is 6.54 Å². The van der Waals surface area contributed by atoms with Crippen LogP contribution in [0.15, 0.2) is 43.4 Å². The summed E-state index contributed by atoms with van der Waals surface area (Å²) in [5.41, 5.74) is 25.4. The highest BCUT2D eigenvalue weighted by Crippen LogP contribution is 2.59. The SMILES string of the molecule is CC1=C(CN=[N+]=[N-])SC(=C2SC(CN=[N+]=[N-])=C(CN=[N+]=[N-])S2)S1. The fraction of sp³-hybridized carbons (Fsp3) is 0.400. The maximum atomic E-state index is 8.49. The van der Waals surface area contributed by atoms with Gasteiger partial charge in [-0.1, -0.05) is 62.4 Å². The third-order valence-electron chi connectivity index (χ3n) is 2.60. The standard InChI is InChI=1S/C10H9N9S4/c1-5-6(2-14-17-11)21-9(20-5)10-22-7(3-15-18-12)8(23-10)4-16-19-13/h2-4H2,1H3. The smallest absolute Gasteiger partial charge is 0.0699 e. The number of thioether (sulfide) groups is 4. The third-order valence-corrected chi connectivity index (χ3v) is 8.41. The van der Waals surface area contributed by atoms with Gasteiger partial charge >= 0.3 is 0 Å². The summed E-state index contributed by atoms with van der Waals surface area (Å²) in [6, 6.07) is 0. The molecule has 0 aliphatic carbocycles. The molecule has 0 spiro atoms. The number of nitrogens with zero attached hydrogens (tertiary/aromatic N) is 9. The van der Waals surface area contributed by atoms with E-state index >= 15 is 0 Å². The minimum Gasteiger partial charge on any atom is -0.0887 e. The second-order valence-corrected chi connectivity index (χ2v) is 9.03. The Morgan fingerprint density at radius 3 is 1.57 bits per heavy atom. The van der Waals surface area contributed by atoms with Crippen molar-refractivity contribution in [2.75, 3.05) is 19.6 Å². The first-order valence-corrected chi connectivity index (χ1v) is 9.36. The number of rotatable bonds is 6. The fourth-order valence-corrected chi connectivity index (χ4v) is 7.04. The summed E-state index contributed by atoms with van der Waals surface area (Å²) in [7, 11) is 0. The molecule has 0 atom stereocenters. The Balaban J connectivity index is 2.16. The van der Waals surface area contributed by atoms with Crippen molar-refractivity contribution in [3.8, 4) is 0 Å². The maximum Gasteiger partial charge on any atom is 0.0699 e. The highest BCUT2D eigenvalue weighted by atomic mass is 32.2. The Hall–Kier alpha value is -1.45. The molecule has 0 unspecified atom stereocenters. The Morgan fingerprint density at radius 1 is 0.696 bits per heavy atom. The van der Waals surface area contributed by atoms with E-state index in [9.17, 15) is 0 Å². The van der Waals surface area contributed by atoms with Gasteiger partial charge in [0.05, 0.1) is 28.1 Å². The summed E-state index contributed by atoms with van der Waals surface area (Å²) in [5, 5.41) is 10.8. The van der Waals surface area contributed by atoms with Crippen LogP contribution in [0.3, 0.4) is 0 Å². The molecular formula is C10H9N9S4. The van der Waals surface area contributed by atoms with Crippen LogP contribution in [-0.4, -0.2) is 19.6 Å². The van der Waals surface area contributed by atoms with Gasteiger partial charge < -0.3 is 0 Å². The van der Waals surface area contributed by atoms with Crippen LogP contribution in [0.2, 0.25) is 0 Å². The second kappa shape index (κ2) is 8.99. The quantitative estimate of drug-likeness (QED) is 0.294. The predicted octanol–water partition coefficient (Wildman–Crippen LogP) is 6.45. The molecule has 0 amide bonds. The largest absolute Gasteiger partial charge is 0.0887 e. The molecule has 0 N–H and O–H groups in total. The lowest BCUT2D eigenvalue weighted by Gasteiger charge is -2.02. The number of hydrogen-bond donors (Lipinski definition) is 0. The van der Waals surface area contributed by atoms with Gasteiger partial charge in [-0.3, -0.25) is 0 Å². The first kappa shape index (κ1) is 17.9. The fourth-order valence-electron chi connectivity index (χ4n) is 1.60. The molecule has 0 saturated heterocycles. The molecule has 0 fully saturated rings. The summed E-state index contributed by atoms with van der Waals surface area (Å²) in [6.45, 7) is 2.83. The van der Waals surface area contributed by atoms with Gasteiger partial charge in [0.25, 0.3) is 0 Å². The van der Waals surface area contributed by atoms with Crippen LogP contribution < -0.4 is 0 Å². The molecule has 0 radical (unpaired) electrons. The first-order chi connectivity index (χ1) is 11.2. The van der Waals surface area contributed by atoms with Crippen molar-refractivity contribution in [1.29, 1.82) is 0 Å². The van der Waals surface area contributed by atoms with Crippen molar-refractivity contribution in [3.05, 3.63) is 59.4 Å². The summed E-state index contributed by atoms with van der Waals surface area (Å²) >= 11 is 6.30. The van der Waals surface area contributed by atoms with Gasteiger partial charge in [-0.15, -0.1) is 0 Å². The Morgan fingerprint density at radius 2 is 1.09 bits per heavy atom. The van der Waals surface area contributed by atoms with Gasteiger partial charge in [-0.05, 0) is 28.4 Å². The van der Waals surface area contributed by atoms with E-state index < -0.39 is 0 Å².